The van der Waals surface area contributed by atoms with Crippen LogP contribution in [0.3, 0.4) is 0 Å². The second-order valence-electron chi connectivity index (χ2n) is 4.03. The van der Waals surface area contributed by atoms with Gasteiger partial charge in [0.05, 0.1) is 18.0 Å². The predicted molar refractivity (Wildman–Crippen MR) is 67.8 cm³/mol. The van der Waals surface area contributed by atoms with E-state index in [-0.39, 0.29) is 11.3 Å². The first-order chi connectivity index (χ1) is 9.74. The minimum absolute atomic E-state index is 0.0978. The van der Waals surface area contributed by atoms with Gasteiger partial charge >= 0.3 is 16.5 Å². The Kier molecular flexibility index (Phi) is 3.89. The number of hydrogen-bond donors (Lipinski definition) is 0. The molecule has 21 heavy (non-hydrogen) atoms. The van der Waals surface area contributed by atoms with E-state index >= 15 is 0 Å². The number of hydrogen-bond acceptors (Lipinski definition) is 7. The molecule has 2 rings (SSSR count). The topological polar surface area (TPSA) is 100 Å². The zero-order valence-electron chi connectivity index (χ0n) is 11.0. The van der Waals surface area contributed by atoms with Crippen molar-refractivity contribution in [2.24, 2.45) is 7.05 Å². The van der Waals surface area contributed by atoms with Crippen molar-refractivity contribution in [2.45, 2.75) is 6.92 Å². The van der Waals surface area contributed by atoms with E-state index in [9.17, 15) is 17.1 Å². The fourth-order valence-corrected chi connectivity index (χ4v) is 1.85. The first kappa shape index (κ1) is 14.9. The van der Waals surface area contributed by atoms with Gasteiger partial charge in [0.1, 0.15) is 5.69 Å². The molecule has 0 unspecified atom stereocenters. The Labute approximate surface area is 119 Å². The van der Waals surface area contributed by atoms with Crippen molar-refractivity contribution in [3.8, 4) is 11.5 Å². The average molecular weight is 315 g/mol. The highest BCUT2D eigenvalue weighted by Gasteiger charge is 2.16. The van der Waals surface area contributed by atoms with Gasteiger partial charge in [-0.15, -0.1) is 0 Å². The van der Waals surface area contributed by atoms with Crippen LogP contribution in [-0.2, 0) is 17.6 Å². The number of rotatable bonds is 4. The third kappa shape index (κ3) is 3.99. The maximum absolute atomic E-state index is 12.4. The van der Waals surface area contributed by atoms with E-state index in [0.717, 1.165) is 18.5 Å². The molecule has 0 saturated heterocycles. The maximum atomic E-state index is 12.4. The van der Waals surface area contributed by atoms with Crippen LogP contribution in [0.2, 0.25) is 0 Å². The summed E-state index contributed by atoms with van der Waals surface area (Å²) in [7, 11) is -3.53. The maximum Gasteiger partial charge on any atom is 0.488 e. The zero-order chi connectivity index (χ0) is 15.6. The number of carbonyl (C=O) groups is 1. The summed E-state index contributed by atoms with van der Waals surface area (Å²) in [5, 5.41) is 3.99. The fraction of sp³-hybridized carbons (Fsp3) is 0.182. The largest absolute Gasteiger partial charge is 0.488 e. The van der Waals surface area contributed by atoms with Crippen LogP contribution in [0.15, 0.2) is 24.7 Å². The minimum atomic E-state index is -5.19. The Morgan fingerprint density at radius 2 is 2.10 bits per heavy atom. The molecule has 0 bridgehead atoms. The van der Waals surface area contributed by atoms with Crippen molar-refractivity contribution in [1.82, 2.24) is 14.8 Å². The molecule has 0 aliphatic heterocycles. The molecular formula is C11H10FN3O5S. The molecule has 10 heteroatoms. The van der Waals surface area contributed by atoms with Crippen LogP contribution in [0.1, 0.15) is 16.1 Å². The molecule has 0 radical (unpaired) electrons. The summed E-state index contributed by atoms with van der Waals surface area (Å²) >= 11 is 0. The summed E-state index contributed by atoms with van der Waals surface area (Å²) in [6.45, 7) is 1.65. The summed E-state index contributed by atoms with van der Waals surface area (Å²) in [6, 6.07) is 0.998. The first-order valence-electron chi connectivity index (χ1n) is 5.56. The standard InChI is InChI=1S/C11H10FN3O5S/c1-7-10(6-15(2)14-7)19-11(16)8-3-9(5-13-4-8)20-21(12,17)18/h3-6H,1-2H3. The number of pyridine rings is 1. The molecule has 0 atom stereocenters. The lowest BCUT2D eigenvalue weighted by Crippen LogP contribution is -2.10. The molecule has 0 amide bonds. The summed E-state index contributed by atoms with van der Waals surface area (Å²) in [5.41, 5.74) is 0.400. The van der Waals surface area contributed by atoms with E-state index in [1.807, 2.05) is 0 Å². The highest BCUT2D eigenvalue weighted by Crippen LogP contribution is 2.19. The molecule has 2 aromatic heterocycles. The van der Waals surface area contributed by atoms with Crippen LogP contribution in [0.25, 0.3) is 0 Å². The van der Waals surface area contributed by atoms with Crippen molar-refractivity contribution in [3.05, 3.63) is 35.9 Å². The monoisotopic (exact) mass is 315 g/mol. The van der Waals surface area contributed by atoms with Gasteiger partial charge in [0, 0.05) is 13.2 Å². The number of ether oxygens (including phenoxy) is 1. The smallest absolute Gasteiger partial charge is 0.419 e. The van der Waals surface area contributed by atoms with Crippen LogP contribution in [0, 0.1) is 6.92 Å². The van der Waals surface area contributed by atoms with E-state index < -0.39 is 22.2 Å². The minimum Gasteiger partial charge on any atom is -0.419 e. The highest BCUT2D eigenvalue weighted by molar-refractivity contribution is 7.81. The molecule has 0 spiro atoms. The van der Waals surface area contributed by atoms with Crippen LogP contribution in [-0.4, -0.2) is 29.2 Å². The predicted octanol–water partition coefficient (Wildman–Crippen LogP) is 0.936. The first-order valence-corrected chi connectivity index (χ1v) is 6.87. The van der Waals surface area contributed by atoms with Gasteiger partial charge in [-0.1, -0.05) is 3.89 Å². The number of carbonyl (C=O) groups excluding carboxylic acids is 1. The van der Waals surface area contributed by atoms with Gasteiger partial charge in [-0.3, -0.25) is 9.67 Å². The van der Waals surface area contributed by atoms with Crippen LogP contribution >= 0.6 is 0 Å². The molecular weight excluding hydrogens is 305 g/mol. The number of aryl methyl sites for hydroxylation is 2. The Morgan fingerprint density at radius 3 is 2.67 bits per heavy atom. The van der Waals surface area contributed by atoms with Crippen molar-refractivity contribution in [1.29, 1.82) is 0 Å². The summed E-state index contributed by atoms with van der Waals surface area (Å²) in [4.78, 5) is 15.5. The van der Waals surface area contributed by atoms with E-state index in [0.29, 0.717) is 5.69 Å². The zero-order valence-corrected chi connectivity index (χ0v) is 11.8. The molecule has 0 aromatic carbocycles. The third-order valence-electron chi connectivity index (χ3n) is 2.32. The summed E-state index contributed by atoms with van der Waals surface area (Å²) < 4.78 is 43.7. The molecule has 0 aliphatic carbocycles. The SMILES string of the molecule is Cc1nn(C)cc1OC(=O)c1cncc(OS(=O)(=O)F)c1. The van der Waals surface area contributed by atoms with Crippen molar-refractivity contribution in [2.75, 3.05) is 0 Å². The summed E-state index contributed by atoms with van der Waals surface area (Å²) in [5.74, 6) is -0.998. The molecule has 0 saturated carbocycles. The van der Waals surface area contributed by atoms with Gasteiger partial charge < -0.3 is 8.92 Å². The summed E-state index contributed by atoms with van der Waals surface area (Å²) in [6.07, 6.45) is 3.57. The third-order valence-corrected chi connectivity index (χ3v) is 2.71. The molecule has 8 nitrogen and oxygen atoms in total. The van der Waals surface area contributed by atoms with Gasteiger partial charge in [-0.2, -0.15) is 13.5 Å². The van der Waals surface area contributed by atoms with Gasteiger partial charge in [-0.05, 0) is 13.0 Å². The second kappa shape index (κ2) is 5.48. The molecule has 2 heterocycles. The fourth-order valence-electron chi connectivity index (χ4n) is 1.53. The molecule has 0 fully saturated rings. The Bertz CT molecular complexity index is 787. The average Bonchev–Trinajstić information content (AvgIpc) is 2.66. The van der Waals surface area contributed by atoms with E-state index in [1.165, 1.54) is 10.9 Å². The highest BCUT2D eigenvalue weighted by atomic mass is 32.3. The quantitative estimate of drug-likeness (QED) is 0.611. The van der Waals surface area contributed by atoms with E-state index in [4.69, 9.17) is 4.74 Å². The molecule has 0 aliphatic rings. The number of halogens is 1. The molecule has 2 aromatic rings. The van der Waals surface area contributed by atoms with Gasteiger partial charge in [0.15, 0.2) is 11.5 Å². The van der Waals surface area contributed by atoms with E-state index in [2.05, 4.69) is 14.3 Å². The Balaban J connectivity index is 2.20. The number of nitrogens with zero attached hydrogens (tertiary/aromatic N) is 3. The molecule has 112 valence electrons. The normalized spacial score (nSPS) is 11.2. The van der Waals surface area contributed by atoms with E-state index in [1.54, 1.807) is 14.0 Å². The Hall–Kier alpha value is -2.49. The lowest BCUT2D eigenvalue weighted by Gasteiger charge is -2.04. The lowest BCUT2D eigenvalue weighted by atomic mass is 10.3. The van der Waals surface area contributed by atoms with Crippen molar-refractivity contribution < 1.29 is 26.0 Å². The van der Waals surface area contributed by atoms with Gasteiger partial charge in [0.25, 0.3) is 0 Å². The van der Waals surface area contributed by atoms with Gasteiger partial charge in [0.2, 0.25) is 0 Å². The number of esters is 1. The van der Waals surface area contributed by atoms with Crippen molar-refractivity contribution >= 4 is 16.5 Å². The van der Waals surface area contributed by atoms with Crippen molar-refractivity contribution in [3.63, 3.8) is 0 Å². The van der Waals surface area contributed by atoms with Crippen LogP contribution < -0.4 is 8.92 Å². The van der Waals surface area contributed by atoms with Crippen LogP contribution in [0.4, 0.5) is 3.89 Å². The number of aromatic nitrogens is 3. The molecule has 0 N–H and O–H groups in total. The second-order valence-corrected chi connectivity index (χ2v) is 4.98. The van der Waals surface area contributed by atoms with Gasteiger partial charge in [-0.25, -0.2) is 4.79 Å². The van der Waals surface area contributed by atoms with Crippen LogP contribution in [0.5, 0.6) is 11.5 Å². The Morgan fingerprint density at radius 1 is 1.38 bits per heavy atom. The lowest BCUT2D eigenvalue weighted by molar-refractivity contribution is 0.0732.